The molecule has 182 valence electrons. The van der Waals surface area contributed by atoms with Gasteiger partial charge in [0, 0.05) is 54.1 Å². The van der Waals surface area contributed by atoms with Gasteiger partial charge in [-0.15, -0.1) is 0 Å². The highest BCUT2D eigenvalue weighted by Crippen LogP contribution is 2.37. The van der Waals surface area contributed by atoms with Gasteiger partial charge in [0.1, 0.15) is 17.1 Å². The Balaban J connectivity index is 1.55. The molecular weight excluding hydrogens is 442 g/mol. The third-order valence-electron chi connectivity index (χ3n) is 5.68. The van der Waals surface area contributed by atoms with Crippen molar-refractivity contribution in [3.63, 3.8) is 0 Å². The maximum atomic E-state index is 12.6. The summed E-state index contributed by atoms with van der Waals surface area (Å²) < 4.78 is 19.3. The van der Waals surface area contributed by atoms with Crippen molar-refractivity contribution in [1.29, 1.82) is 0 Å². The van der Waals surface area contributed by atoms with E-state index in [1.807, 2.05) is 67.9 Å². The Morgan fingerprint density at radius 3 is 2.66 bits per heavy atom. The van der Waals surface area contributed by atoms with Crippen LogP contribution >= 0.6 is 0 Å². The van der Waals surface area contributed by atoms with E-state index in [1.165, 1.54) is 0 Å². The SMILES string of the molecule is CCOc1ccc(-c2coc3cc(OCC)c(/C(C)=C/C(=O)NCCCn4ccnc4)cc23)cc1. The van der Waals surface area contributed by atoms with Crippen LogP contribution in [0, 0.1) is 0 Å². The zero-order valence-corrected chi connectivity index (χ0v) is 20.4. The summed E-state index contributed by atoms with van der Waals surface area (Å²) in [4.78, 5) is 16.6. The standard InChI is InChI=1S/C28H31N3O4/c1-4-33-22-9-7-21(8-10-22)25-18-35-27-17-26(34-5-2)23(16-24(25)27)20(3)15-28(32)30-11-6-13-31-14-12-29-19-31/h7-10,12,14-19H,4-6,11,13H2,1-3H3,(H,30,32)/b20-15+. The van der Waals surface area contributed by atoms with Crippen LogP contribution in [0.15, 0.2) is 71.9 Å². The molecule has 2 heterocycles. The molecule has 0 bridgehead atoms. The average molecular weight is 474 g/mol. The monoisotopic (exact) mass is 473 g/mol. The Kier molecular flexibility index (Phi) is 7.88. The quantitative estimate of drug-likeness (QED) is 0.223. The number of rotatable bonds is 11. The number of furan rings is 1. The van der Waals surface area contributed by atoms with Gasteiger partial charge in [-0.3, -0.25) is 4.79 Å². The number of aryl methyl sites for hydroxylation is 1. The second kappa shape index (κ2) is 11.4. The highest BCUT2D eigenvalue weighted by molar-refractivity contribution is 6.00. The molecular formula is C28H31N3O4. The fraction of sp³-hybridized carbons (Fsp3) is 0.286. The Morgan fingerprint density at radius 2 is 1.94 bits per heavy atom. The van der Waals surface area contributed by atoms with Gasteiger partial charge in [-0.05, 0) is 56.5 Å². The molecule has 0 aliphatic carbocycles. The first-order valence-corrected chi connectivity index (χ1v) is 11.9. The lowest BCUT2D eigenvalue weighted by Crippen LogP contribution is -2.23. The number of imidazole rings is 1. The molecule has 2 aromatic heterocycles. The Bertz CT molecular complexity index is 1290. The van der Waals surface area contributed by atoms with Gasteiger partial charge >= 0.3 is 0 Å². The number of nitrogens with zero attached hydrogens (tertiary/aromatic N) is 2. The van der Waals surface area contributed by atoms with E-state index in [4.69, 9.17) is 13.9 Å². The summed E-state index contributed by atoms with van der Waals surface area (Å²) in [5.41, 5.74) is 4.42. The van der Waals surface area contributed by atoms with Crippen LogP contribution < -0.4 is 14.8 Å². The van der Waals surface area contributed by atoms with Crippen LogP contribution in [0.3, 0.4) is 0 Å². The van der Waals surface area contributed by atoms with E-state index in [-0.39, 0.29) is 5.91 Å². The number of hydrogen-bond acceptors (Lipinski definition) is 5. The average Bonchev–Trinajstić information content (AvgIpc) is 3.52. The van der Waals surface area contributed by atoms with Crippen LogP contribution in [-0.4, -0.2) is 35.2 Å². The molecule has 35 heavy (non-hydrogen) atoms. The molecule has 4 aromatic rings. The molecule has 1 amide bonds. The number of fused-ring (bicyclic) bond motifs is 1. The van der Waals surface area contributed by atoms with Crippen molar-refractivity contribution in [2.45, 2.75) is 33.7 Å². The van der Waals surface area contributed by atoms with Gasteiger partial charge in [0.15, 0.2) is 0 Å². The predicted octanol–water partition coefficient (Wildman–Crippen LogP) is 5.70. The lowest BCUT2D eigenvalue weighted by atomic mass is 9.99. The van der Waals surface area contributed by atoms with E-state index in [1.54, 1.807) is 24.9 Å². The van der Waals surface area contributed by atoms with E-state index in [9.17, 15) is 4.79 Å². The van der Waals surface area contributed by atoms with Crippen molar-refractivity contribution in [2.24, 2.45) is 0 Å². The van der Waals surface area contributed by atoms with Crippen LogP contribution in [0.2, 0.25) is 0 Å². The van der Waals surface area contributed by atoms with Gasteiger partial charge in [0.05, 0.1) is 25.8 Å². The van der Waals surface area contributed by atoms with E-state index in [0.29, 0.717) is 25.5 Å². The second-order valence-electron chi connectivity index (χ2n) is 8.16. The third kappa shape index (κ3) is 5.93. The molecule has 0 aliphatic rings. The van der Waals surface area contributed by atoms with Crippen LogP contribution in [0.1, 0.15) is 32.8 Å². The van der Waals surface area contributed by atoms with Crippen LogP contribution in [0.4, 0.5) is 0 Å². The fourth-order valence-corrected chi connectivity index (χ4v) is 3.98. The molecule has 4 rings (SSSR count). The molecule has 1 N–H and O–H groups in total. The highest BCUT2D eigenvalue weighted by Gasteiger charge is 2.15. The molecule has 2 aromatic carbocycles. The van der Waals surface area contributed by atoms with Crippen molar-refractivity contribution in [2.75, 3.05) is 19.8 Å². The molecule has 0 spiro atoms. The molecule has 0 saturated heterocycles. The van der Waals surface area contributed by atoms with Gasteiger partial charge in [-0.1, -0.05) is 12.1 Å². The normalized spacial score (nSPS) is 11.6. The maximum Gasteiger partial charge on any atom is 0.244 e. The van der Waals surface area contributed by atoms with Crippen molar-refractivity contribution in [1.82, 2.24) is 14.9 Å². The number of amides is 1. The summed E-state index contributed by atoms with van der Waals surface area (Å²) >= 11 is 0. The van der Waals surface area contributed by atoms with Gasteiger partial charge in [-0.25, -0.2) is 4.98 Å². The van der Waals surface area contributed by atoms with Gasteiger partial charge in [0.2, 0.25) is 5.91 Å². The van der Waals surface area contributed by atoms with Crippen LogP contribution in [0.5, 0.6) is 11.5 Å². The minimum absolute atomic E-state index is 0.130. The number of benzene rings is 2. The van der Waals surface area contributed by atoms with Crippen molar-refractivity contribution < 1.29 is 18.7 Å². The first kappa shape index (κ1) is 24.1. The molecule has 0 radical (unpaired) electrons. The van der Waals surface area contributed by atoms with Gasteiger partial charge in [-0.2, -0.15) is 0 Å². The smallest absolute Gasteiger partial charge is 0.244 e. The van der Waals surface area contributed by atoms with Crippen molar-refractivity contribution in [3.05, 3.63) is 73.0 Å². The van der Waals surface area contributed by atoms with Crippen LogP contribution in [-0.2, 0) is 11.3 Å². The summed E-state index contributed by atoms with van der Waals surface area (Å²) in [5.74, 6) is 1.39. The summed E-state index contributed by atoms with van der Waals surface area (Å²) in [6.45, 7) is 8.36. The van der Waals surface area contributed by atoms with E-state index in [0.717, 1.165) is 51.9 Å². The number of allylic oxidation sites excluding steroid dienone is 1. The molecule has 0 unspecified atom stereocenters. The minimum atomic E-state index is -0.130. The lowest BCUT2D eigenvalue weighted by molar-refractivity contribution is -0.116. The van der Waals surface area contributed by atoms with E-state index in [2.05, 4.69) is 10.3 Å². The third-order valence-corrected chi connectivity index (χ3v) is 5.68. The summed E-state index contributed by atoms with van der Waals surface area (Å²) in [6.07, 6.45) is 9.64. The Labute approximate surface area is 205 Å². The van der Waals surface area contributed by atoms with E-state index < -0.39 is 0 Å². The molecule has 0 atom stereocenters. The highest BCUT2D eigenvalue weighted by atomic mass is 16.5. The molecule has 7 heteroatoms. The van der Waals surface area contributed by atoms with Crippen molar-refractivity contribution in [3.8, 4) is 22.6 Å². The predicted molar refractivity (Wildman–Crippen MR) is 137 cm³/mol. The maximum absolute atomic E-state index is 12.6. The Morgan fingerprint density at radius 1 is 1.14 bits per heavy atom. The van der Waals surface area contributed by atoms with Gasteiger partial charge in [0.25, 0.3) is 0 Å². The fourth-order valence-electron chi connectivity index (χ4n) is 3.98. The largest absolute Gasteiger partial charge is 0.494 e. The summed E-state index contributed by atoms with van der Waals surface area (Å²) in [6, 6.07) is 11.9. The van der Waals surface area contributed by atoms with E-state index >= 15 is 0 Å². The zero-order valence-electron chi connectivity index (χ0n) is 20.4. The molecule has 0 aliphatic heterocycles. The minimum Gasteiger partial charge on any atom is -0.494 e. The number of ether oxygens (including phenoxy) is 2. The molecule has 0 fully saturated rings. The first-order chi connectivity index (χ1) is 17.1. The summed E-state index contributed by atoms with van der Waals surface area (Å²) in [7, 11) is 0. The topological polar surface area (TPSA) is 78.5 Å². The number of hydrogen-bond donors (Lipinski definition) is 1. The molecule has 0 saturated carbocycles. The number of aromatic nitrogens is 2. The Hall–Kier alpha value is -4.00. The first-order valence-electron chi connectivity index (χ1n) is 11.9. The lowest BCUT2D eigenvalue weighted by Gasteiger charge is -2.12. The van der Waals surface area contributed by atoms with Crippen molar-refractivity contribution >= 4 is 22.4 Å². The number of carbonyl (C=O) groups is 1. The number of nitrogens with one attached hydrogen (secondary N) is 1. The number of carbonyl (C=O) groups excluding carboxylic acids is 1. The zero-order chi connectivity index (χ0) is 24.6. The van der Waals surface area contributed by atoms with Crippen LogP contribution in [0.25, 0.3) is 27.7 Å². The second-order valence-corrected chi connectivity index (χ2v) is 8.16. The summed E-state index contributed by atoms with van der Waals surface area (Å²) in [5, 5.41) is 3.92. The van der Waals surface area contributed by atoms with Gasteiger partial charge < -0.3 is 23.8 Å². The molecule has 7 nitrogen and oxygen atoms in total.